The molecule has 0 aromatic heterocycles. The van der Waals surface area contributed by atoms with Crippen molar-refractivity contribution >= 4 is 0 Å². The molecule has 2 atom stereocenters. The number of aliphatic hydroxyl groups is 1. The van der Waals surface area contributed by atoms with Crippen molar-refractivity contribution in [2.45, 2.75) is 65.4 Å². The molecule has 1 aliphatic rings. The molecule has 2 unspecified atom stereocenters. The van der Waals surface area contributed by atoms with Gasteiger partial charge in [-0.25, -0.2) is 0 Å². The lowest BCUT2D eigenvalue weighted by molar-refractivity contribution is -0.0653. The average Bonchev–Trinajstić information content (AvgIpc) is 2.33. The Morgan fingerprint density at radius 2 is 2.00 bits per heavy atom. The summed E-state index contributed by atoms with van der Waals surface area (Å²) in [6, 6.07) is 6.59. The van der Waals surface area contributed by atoms with Gasteiger partial charge in [-0.2, -0.15) is 0 Å². The Hall–Kier alpha value is -0.820. The zero-order valence-electron chi connectivity index (χ0n) is 12.9. The van der Waals surface area contributed by atoms with Crippen LogP contribution in [0.25, 0.3) is 0 Å². The second-order valence-electron chi connectivity index (χ2n) is 6.81. The van der Waals surface area contributed by atoms with Crippen LogP contribution in [0.4, 0.5) is 0 Å². The molecule has 106 valence electrons. The van der Waals surface area contributed by atoms with E-state index in [1.165, 1.54) is 36.0 Å². The lowest BCUT2D eigenvalue weighted by Gasteiger charge is -2.43. The van der Waals surface area contributed by atoms with Crippen LogP contribution in [0.5, 0.6) is 0 Å². The SMILES string of the molecule is Cc1ccc(C)c(CC2(O)CCCCC2C(C)C)c1. The minimum absolute atomic E-state index is 0.446. The molecule has 1 fully saturated rings. The first-order valence-electron chi connectivity index (χ1n) is 7.71. The summed E-state index contributed by atoms with van der Waals surface area (Å²) in [7, 11) is 0. The fourth-order valence-electron chi connectivity index (χ4n) is 3.74. The van der Waals surface area contributed by atoms with E-state index >= 15 is 0 Å². The maximum atomic E-state index is 11.2. The maximum Gasteiger partial charge on any atom is 0.0718 e. The van der Waals surface area contributed by atoms with Crippen LogP contribution in [0.1, 0.15) is 56.2 Å². The van der Waals surface area contributed by atoms with Crippen molar-refractivity contribution < 1.29 is 5.11 Å². The number of hydrogen-bond acceptors (Lipinski definition) is 1. The highest BCUT2D eigenvalue weighted by molar-refractivity contribution is 5.32. The summed E-state index contributed by atoms with van der Waals surface area (Å²) in [6.45, 7) is 8.80. The summed E-state index contributed by atoms with van der Waals surface area (Å²) in [5, 5.41) is 11.2. The van der Waals surface area contributed by atoms with Gasteiger partial charge in [-0.05, 0) is 49.7 Å². The fourth-order valence-corrected chi connectivity index (χ4v) is 3.74. The first kappa shape index (κ1) is 14.6. The molecule has 0 aliphatic heterocycles. The molecular weight excluding hydrogens is 232 g/mol. The van der Waals surface area contributed by atoms with Gasteiger partial charge >= 0.3 is 0 Å². The van der Waals surface area contributed by atoms with Crippen molar-refractivity contribution in [3.05, 3.63) is 34.9 Å². The van der Waals surface area contributed by atoms with Gasteiger partial charge in [0.1, 0.15) is 0 Å². The van der Waals surface area contributed by atoms with E-state index in [0.29, 0.717) is 11.8 Å². The van der Waals surface area contributed by atoms with Crippen molar-refractivity contribution in [1.29, 1.82) is 0 Å². The third-order valence-corrected chi connectivity index (χ3v) is 4.87. The molecule has 1 aromatic carbocycles. The van der Waals surface area contributed by atoms with E-state index in [0.717, 1.165) is 12.8 Å². The van der Waals surface area contributed by atoms with Crippen LogP contribution in [0, 0.1) is 25.7 Å². The van der Waals surface area contributed by atoms with E-state index in [1.54, 1.807) is 0 Å². The molecule has 1 N–H and O–H groups in total. The molecule has 1 heteroatoms. The minimum Gasteiger partial charge on any atom is -0.389 e. The zero-order valence-corrected chi connectivity index (χ0v) is 12.9. The number of rotatable bonds is 3. The number of hydrogen-bond donors (Lipinski definition) is 1. The molecule has 1 nitrogen and oxygen atoms in total. The summed E-state index contributed by atoms with van der Waals surface area (Å²) < 4.78 is 0. The van der Waals surface area contributed by atoms with Crippen LogP contribution in [0.3, 0.4) is 0 Å². The highest BCUT2D eigenvalue weighted by Gasteiger charge is 2.40. The normalized spacial score (nSPS) is 27.8. The van der Waals surface area contributed by atoms with E-state index < -0.39 is 5.60 Å². The maximum absolute atomic E-state index is 11.2. The largest absolute Gasteiger partial charge is 0.389 e. The summed E-state index contributed by atoms with van der Waals surface area (Å²) in [6.07, 6.45) is 5.41. The molecule has 0 spiro atoms. The van der Waals surface area contributed by atoms with Crippen LogP contribution in [0.2, 0.25) is 0 Å². The third-order valence-electron chi connectivity index (χ3n) is 4.87. The van der Waals surface area contributed by atoms with Gasteiger partial charge in [0.2, 0.25) is 0 Å². The Bertz CT molecular complexity index is 435. The summed E-state index contributed by atoms with van der Waals surface area (Å²) in [5.41, 5.74) is 3.44. The molecule has 0 bridgehead atoms. The predicted octanol–water partition coefficient (Wildman–Crippen LogP) is 4.42. The number of benzene rings is 1. The lowest BCUT2D eigenvalue weighted by atomic mass is 9.67. The number of aryl methyl sites for hydroxylation is 2. The molecular formula is C18H28O. The van der Waals surface area contributed by atoms with Crippen LogP contribution in [0.15, 0.2) is 18.2 Å². The molecule has 1 saturated carbocycles. The molecule has 1 aliphatic carbocycles. The van der Waals surface area contributed by atoms with Crippen LogP contribution >= 0.6 is 0 Å². The lowest BCUT2D eigenvalue weighted by Crippen LogP contribution is -2.45. The average molecular weight is 260 g/mol. The highest BCUT2D eigenvalue weighted by Crippen LogP contribution is 2.40. The smallest absolute Gasteiger partial charge is 0.0718 e. The predicted molar refractivity (Wildman–Crippen MR) is 81.4 cm³/mol. The Kier molecular flexibility index (Phi) is 4.35. The summed E-state index contributed by atoms with van der Waals surface area (Å²) in [5.74, 6) is 1.01. The monoisotopic (exact) mass is 260 g/mol. The summed E-state index contributed by atoms with van der Waals surface area (Å²) >= 11 is 0. The fraction of sp³-hybridized carbons (Fsp3) is 0.667. The Morgan fingerprint density at radius 1 is 1.26 bits per heavy atom. The molecule has 0 saturated heterocycles. The van der Waals surface area contributed by atoms with Crippen molar-refractivity contribution in [2.75, 3.05) is 0 Å². The van der Waals surface area contributed by atoms with Gasteiger partial charge in [-0.1, -0.05) is 50.5 Å². The first-order chi connectivity index (χ1) is 8.92. The van der Waals surface area contributed by atoms with E-state index in [2.05, 4.69) is 45.9 Å². The van der Waals surface area contributed by atoms with Gasteiger partial charge in [0, 0.05) is 6.42 Å². The van der Waals surface area contributed by atoms with Gasteiger partial charge in [-0.15, -0.1) is 0 Å². The van der Waals surface area contributed by atoms with E-state index in [9.17, 15) is 5.11 Å². The Morgan fingerprint density at radius 3 is 2.68 bits per heavy atom. The van der Waals surface area contributed by atoms with Crippen LogP contribution in [-0.2, 0) is 6.42 Å². The van der Waals surface area contributed by atoms with Gasteiger partial charge in [-0.3, -0.25) is 0 Å². The second kappa shape index (κ2) is 5.66. The molecule has 0 heterocycles. The van der Waals surface area contributed by atoms with Gasteiger partial charge in [0.15, 0.2) is 0 Å². The van der Waals surface area contributed by atoms with Crippen LogP contribution in [-0.4, -0.2) is 10.7 Å². The third kappa shape index (κ3) is 3.20. The quantitative estimate of drug-likeness (QED) is 0.852. The standard InChI is InChI=1S/C18H28O/c1-13(2)17-7-5-6-10-18(17,19)12-16-11-14(3)8-9-15(16)4/h8-9,11,13,17,19H,5-7,10,12H2,1-4H3. The van der Waals surface area contributed by atoms with Crippen LogP contribution < -0.4 is 0 Å². The van der Waals surface area contributed by atoms with Crippen molar-refractivity contribution in [1.82, 2.24) is 0 Å². The van der Waals surface area contributed by atoms with Gasteiger partial charge < -0.3 is 5.11 Å². The van der Waals surface area contributed by atoms with Crippen molar-refractivity contribution in [3.8, 4) is 0 Å². The second-order valence-corrected chi connectivity index (χ2v) is 6.81. The van der Waals surface area contributed by atoms with Crippen molar-refractivity contribution in [2.24, 2.45) is 11.8 Å². The minimum atomic E-state index is -0.495. The topological polar surface area (TPSA) is 20.2 Å². The van der Waals surface area contributed by atoms with Gasteiger partial charge in [0.05, 0.1) is 5.60 Å². The van der Waals surface area contributed by atoms with Gasteiger partial charge in [0.25, 0.3) is 0 Å². The first-order valence-corrected chi connectivity index (χ1v) is 7.71. The molecule has 2 rings (SSSR count). The zero-order chi connectivity index (χ0) is 14.0. The molecule has 0 radical (unpaired) electrons. The Labute approximate surface area is 118 Å². The highest BCUT2D eigenvalue weighted by atomic mass is 16.3. The van der Waals surface area contributed by atoms with Crippen molar-refractivity contribution in [3.63, 3.8) is 0 Å². The summed E-state index contributed by atoms with van der Waals surface area (Å²) in [4.78, 5) is 0. The van der Waals surface area contributed by atoms with E-state index in [-0.39, 0.29) is 0 Å². The molecule has 0 amide bonds. The van der Waals surface area contributed by atoms with E-state index in [1.807, 2.05) is 0 Å². The Balaban J connectivity index is 2.25. The molecule has 19 heavy (non-hydrogen) atoms. The van der Waals surface area contributed by atoms with E-state index in [4.69, 9.17) is 0 Å². The molecule has 1 aromatic rings.